The number of fused-ring (bicyclic) bond motifs is 1. The average Bonchev–Trinajstić information content (AvgIpc) is 3.13. The van der Waals surface area contributed by atoms with Crippen LogP contribution in [0.15, 0.2) is 48.7 Å². The van der Waals surface area contributed by atoms with Crippen LogP contribution in [0.3, 0.4) is 0 Å². The van der Waals surface area contributed by atoms with E-state index in [1.807, 2.05) is 41.3 Å². The van der Waals surface area contributed by atoms with E-state index in [4.69, 9.17) is 14.2 Å². The largest absolute Gasteiger partial charge is 0.497 e. The summed E-state index contributed by atoms with van der Waals surface area (Å²) < 4.78 is 17.3. The molecule has 2 aliphatic rings. The van der Waals surface area contributed by atoms with E-state index in [0.29, 0.717) is 23.7 Å². The molecule has 6 nitrogen and oxygen atoms in total. The van der Waals surface area contributed by atoms with Crippen molar-refractivity contribution in [3.8, 4) is 11.6 Å². The van der Waals surface area contributed by atoms with Crippen LogP contribution < -0.4 is 9.47 Å². The predicted molar refractivity (Wildman–Crippen MR) is 105 cm³/mol. The van der Waals surface area contributed by atoms with Crippen molar-refractivity contribution in [1.82, 2.24) is 9.88 Å². The van der Waals surface area contributed by atoms with Crippen molar-refractivity contribution in [2.45, 2.75) is 43.4 Å². The quantitative estimate of drug-likeness (QED) is 0.794. The summed E-state index contributed by atoms with van der Waals surface area (Å²) in [6, 6.07) is 13.0. The van der Waals surface area contributed by atoms with E-state index in [0.717, 1.165) is 25.7 Å². The molecular formula is C22H26N2O4. The number of hydrogen-bond acceptors (Lipinski definition) is 5. The molecule has 2 heterocycles. The monoisotopic (exact) mass is 382 g/mol. The Labute approximate surface area is 165 Å². The van der Waals surface area contributed by atoms with Gasteiger partial charge < -0.3 is 19.1 Å². The molecule has 0 unspecified atom stereocenters. The molecular weight excluding hydrogens is 356 g/mol. The lowest BCUT2D eigenvalue weighted by atomic mass is 9.79. The Morgan fingerprint density at radius 2 is 2.07 bits per heavy atom. The number of methoxy groups -OCH3 is 2. The topological polar surface area (TPSA) is 60.9 Å². The molecule has 0 bridgehead atoms. The zero-order valence-electron chi connectivity index (χ0n) is 16.3. The van der Waals surface area contributed by atoms with Crippen LogP contribution in [0.2, 0.25) is 0 Å². The van der Waals surface area contributed by atoms with Gasteiger partial charge in [-0.05, 0) is 43.5 Å². The van der Waals surface area contributed by atoms with E-state index in [9.17, 15) is 4.79 Å². The van der Waals surface area contributed by atoms with E-state index in [-0.39, 0.29) is 23.7 Å². The lowest BCUT2D eigenvalue weighted by Gasteiger charge is -2.43. The number of pyridine rings is 1. The molecule has 1 amide bonds. The first-order valence-electron chi connectivity index (χ1n) is 9.73. The third-order valence-corrected chi connectivity index (χ3v) is 6.04. The Bertz CT molecular complexity index is 828. The van der Waals surface area contributed by atoms with E-state index in [1.165, 1.54) is 0 Å². The summed E-state index contributed by atoms with van der Waals surface area (Å²) in [5.74, 6) is 1.32. The normalized spacial score (nSPS) is 26.6. The summed E-state index contributed by atoms with van der Waals surface area (Å²) in [6.07, 6.45) is 5.09. The Kier molecular flexibility index (Phi) is 5.22. The van der Waals surface area contributed by atoms with Crippen LogP contribution in [0.1, 0.15) is 36.0 Å². The number of aromatic nitrogens is 1. The third-order valence-electron chi connectivity index (χ3n) is 6.04. The fraction of sp³-hybridized carbons (Fsp3) is 0.455. The van der Waals surface area contributed by atoms with E-state index in [2.05, 4.69) is 4.98 Å². The fourth-order valence-electron chi connectivity index (χ4n) is 4.52. The minimum absolute atomic E-state index is 0.0151. The van der Waals surface area contributed by atoms with Gasteiger partial charge in [0.2, 0.25) is 5.88 Å². The van der Waals surface area contributed by atoms with Crippen molar-refractivity contribution in [2.24, 2.45) is 0 Å². The Hall–Kier alpha value is -2.60. The van der Waals surface area contributed by atoms with Crippen LogP contribution in [0.4, 0.5) is 0 Å². The van der Waals surface area contributed by atoms with Gasteiger partial charge in [0.25, 0.3) is 5.91 Å². The molecule has 1 saturated heterocycles. The molecule has 0 radical (unpaired) electrons. The van der Waals surface area contributed by atoms with Crippen LogP contribution in [0.25, 0.3) is 0 Å². The van der Waals surface area contributed by atoms with Crippen molar-refractivity contribution < 1.29 is 19.0 Å². The SMILES string of the molecule is COc1cccc(C(=O)N2CC[C@]3(OC)CC[C@@H](Oc4ccccn4)C[C@H]23)c1. The van der Waals surface area contributed by atoms with E-state index < -0.39 is 0 Å². The second kappa shape index (κ2) is 7.80. The summed E-state index contributed by atoms with van der Waals surface area (Å²) in [6.45, 7) is 0.685. The molecule has 6 heteroatoms. The first kappa shape index (κ1) is 18.7. The Morgan fingerprint density at radius 1 is 1.18 bits per heavy atom. The molecule has 28 heavy (non-hydrogen) atoms. The van der Waals surface area contributed by atoms with Gasteiger partial charge in [0, 0.05) is 37.9 Å². The highest BCUT2D eigenvalue weighted by atomic mass is 16.5. The van der Waals surface area contributed by atoms with E-state index >= 15 is 0 Å². The number of benzene rings is 1. The maximum absolute atomic E-state index is 13.3. The van der Waals surface area contributed by atoms with Gasteiger partial charge in [-0.15, -0.1) is 0 Å². The van der Waals surface area contributed by atoms with Crippen molar-refractivity contribution in [1.29, 1.82) is 0 Å². The van der Waals surface area contributed by atoms with Gasteiger partial charge in [0.15, 0.2) is 0 Å². The molecule has 148 valence electrons. The maximum atomic E-state index is 13.3. The summed E-state index contributed by atoms with van der Waals surface area (Å²) in [7, 11) is 3.36. The summed E-state index contributed by atoms with van der Waals surface area (Å²) in [4.78, 5) is 19.5. The number of carbonyl (C=O) groups is 1. The van der Waals surface area contributed by atoms with Crippen molar-refractivity contribution in [3.63, 3.8) is 0 Å². The van der Waals surface area contributed by atoms with Crippen LogP contribution >= 0.6 is 0 Å². The molecule has 0 spiro atoms. The van der Waals surface area contributed by atoms with Crippen LogP contribution in [0.5, 0.6) is 11.6 Å². The van der Waals surface area contributed by atoms with Crippen molar-refractivity contribution in [3.05, 3.63) is 54.2 Å². The third kappa shape index (κ3) is 3.44. The Balaban J connectivity index is 1.54. The Morgan fingerprint density at radius 3 is 2.82 bits per heavy atom. The minimum Gasteiger partial charge on any atom is -0.497 e. The smallest absolute Gasteiger partial charge is 0.254 e. The van der Waals surface area contributed by atoms with Crippen LogP contribution in [-0.2, 0) is 4.74 Å². The minimum atomic E-state index is -0.293. The lowest BCUT2D eigenvalue weighted by molar-refractivity contribution is -0.0788. The zero-order chi connectivity index (χ0) is 19.6. The number of carbonyl (C=O) groups excluding carboxylic acids is 1. The molecule has 1 aromatic carbocycles. The van der Waals surface area contributed by atoms with Gasteiger partial charge in [0.05, 0.1) is 18.8 Å². The second-order valence-corrected chi connectivity index (χ2v) is 7.45. The molecule has 0 N–H and O–H groups in total. The average molecular weight is 382 g/mol. The molecule has 2 fully saturated rings. The predicted octanol–water partition coefficient (Wildman–Crippen LogP) is 3.32. The van der Waals surface area contributed by atoms with Gasteiger partial charge >= 0.3 is 0 Å². The lowest BCUT2D eigenvalue weighted by Crippen LogP contribution is -2.53. The summed E-state index contributed by atoms with van der Waals surface area (Å²) in [5.41, 5.74) is 0.345. The zero-order valence-corrected chi connectivity index (χ0v) is 16.3. The maximum Gasteiger partial charge on any atom is 0.254 e. The fourth-order valence-corrected chi connectivity index (χ4v) is 4.52. The number of hydrogen-bond donors (Lipinski definition) is 0. The highest BCUT2D eigenvalue weighted by Crippen LogP contribution is 2.43. The molecule has 1 aliphatic heterocycles. The molecule has 3 atom stereocenters. The number of ether oxygens (including phenoxy) is 3. The highest BCUT2D eigenvalue weighted by Gasteiger charge is 2.53. The molecule has 1 saturated carbocycles. The molecule has 1 aliphatic carbocycles. The van der Waals surface area contributed by atoms with Crippen LogP contribution in [0, 0.1) is 0 Å². The van der Waals surface area contributed by atoms with Crippen LogP contribution in [-0.4, -0.2) is 54.3 Å². The van der Waals surface area contributed by atoms with Gasteiger partial charge in [-0.3, -0.25) is 4.79 Å². The number of nitrogens with zero attached hydrogens (tertiary/aromatic N) is 2. The standard InChI is InChI=1S/C22H26N2O4/c1-26-17-7-5-6-16(14-17)21(25)24-13-11-22(27-2)10-9-18(15-19(22)24)28-20-8-3-4-12-23-20/h3-8,12,14,18-19H,9-11,13,15H2,1-2H3/t18-,19+,22-/m1/s1. The number of amides is 1. The first-order chi connectivity index (χ1) is 13.6. The number of rotatable bonds is 5. The van der Waals surface area contributed by atoms with Gasteiger partial charge in [0.1, 0.15) is 11.9 Å². The molecule has 2 aromatic rings. The van der Waals surface area contributed by atoms with Crippen molar-refractivity contribution >= 4 is 5.91 Å². The van der Waals surface area contributed by atoms with E-state index in [1.54, 1.807) is 26.5 Å². The van der Waals surface area contributed by atoms with Gasteiger partial charge in [-0.25, -0.2) is 4.98 Å². The summed E-state index contributed by atoms with van der Waals surface area (Å²) in [5, 5.41) is 0. The van der Waals surface area contributed by atoms with Crippen molar-refractivity contribution in [2.75, 3.05) is 20.8 Å². The second-order valence-electron chi connectivity index (χ2n) is 7.45. The molecule has 4 rings (SSSR count). The van der Waals surface area contributed by atoms with Gasteiger partial charge in [-0.2, -0.15) is 0 Å². The molecule has 1 aromatic heterocycles. The van der Waals surface area contributed by atoms with Gasteiger partial charge in [-0.1, -0.05) is 12.1 Å². The number of likely N-dealkylation sites (tertiary alicyclic amines) is 1. The summed E-state index contributed by atoms with van der Waals surface area (Å²) >= 11 is 0. The highest BCUT2D eigenvalue weighted by molar-refractivity contribution is 5.95. The first-order valence-corrected chi connectivity index (χ1v) is 9.73.